The summed E-state index contributed by atoms with van der Waals surface area (Å²) < 4.78 is 51.9. The Labute approximate surface area is 195 Å². The Hall–Kier alpha value is -3.04. The van der Waals surface area contributed by atoms with Gasteiger partial charge < -0.3 is 20.1 Å². The quantitative estimate of drug-likeness (QED) is 0.691. The molecule has 1 amide bonds. The molecule has 2 heterocycles. The highest BCUT2D eigenvalue weighted by molar-refractivity contribution is 5.93. The molecule has 2 atom stereocenters. The summed E-state index contributed by atoms with van der Waals surface area (Å²) in [6.07, 6.45) is 2.32. The van der Waals surface area contributed by atoms with E-state index in [4.69, 9.17) is 15.2 Å². The van der Waals surface area contributed by atoms with Gasteiger partial charge in [-0.2, -0.15) is 0 Å². The summed E-state index contributed by atoms with van der Waals surface area (Å²) in [5.41, 5.74) is 8.02. The molecule has 2 aromatic carbocycles. The summed E-state index contributed by atoms with van der Waals surface area (Å²) in [5.74, 6) is -2.21. The van der Waals surface area contributed by atoms with Gasteiger partial charge in [0.05, 0.1) is 0 Å². The highest BCUT2D eigenvalue weighted by Crippen LogP contribution is 2.35. The second-order valence-corrected chi connectivity index (χ2v) is 8.98. The topological polar surface area (TPSA) is 68.0 Å². The number of allylic oxidation sites excluding steroid dienone is 1. The van der Waals surface area contributed by atoms with E-state index in [1.165, 1.54) is 0 Å². The van der Waals surface area contributed by atoms with Crippen molar-refractivity contribution in [2.75, 3.05) is 33.0 Å². The molecule has 3 aliphatic rings. The molecule has 34 heavy (non-hydrogen) atoms. The van der Waals surface area contributed by atoms with Crippen LogP contribution in [0.2, 0.25) is 0 Å². The van der Waals surface area contributed by atoms with E-state index in [9.17, 15) is 18.0 Å². The second kappa shape index (κ2) is 9.31. The lowest BCUT2D eigenvalue weighted by molar-refractivity contribution is -0.129. The number of rotatable bonds is 4. The smallest absolute Gasteiger partial charge is 0.249 e. The minimum atomic E-state index is -1.23. The number of hydrogen-bond donors (Lipinski definition) is 1. The van der Waals surface area contributed by atoms with Gasteiger partial charge in [-0.3, -0.25) is 9.69 Å². The number of halogens is 3. The predicted octanol–water partition coefficient (Wildman–Crippen LogP) is 3.31. The third kappa shape index (κ3) is 4.50. The zero-order chi connectivity index (χ0) is 23.8. The van der Waals surface area contributed by atoms with Gasteiger partial charge in [0.2, 0.25) is 12.7 Å². The lowest BCUT2D eigenvalue weighted by Gasteiger charge is -2.36. The number of fused-ring (bicyclic) bond motifs is 1. The molecule has 0 saturated carbocycles. The van der Waals surface area contributed by atoms with Crippen molar-refractivity contribution >= 4 is 5.91 Å². The summed E-state index contributed by atoms with van der Waals surface area (Å²) in [7, 11) is 0. The Morgan fingerprint density at radius 1 is 0.971 bits per heavy atom. The van der Waals surface area contributed by atoms with Gasteiger partial charge in [0.25, 0.3) is 0 Å². The minimum Gasteiger partial charge on any atom is -0.454 e. The van der Waals surface area contributed by atoms with Gasteiger partial charge in [-0.05, 0) is 42.2 Å². The summed E-state index contributed by atoms with van der Waals surface area (Å²) in [6, 6.07) is 6.78. The lowest BCUT2D eigenvalue weighted by Crippen LogP contribution is -2.49. The monoisotopic (exact) mass is 473 g/mol. The zero-order valence-electron chi connectivity index (χ0n) is 18.6. The predicted molar refractivity (Wildman–Crippen MR) is 119 cm³/mol. The van der Waals surface area contributed by atoms with Crippen molar-refractivity contribution in [2.24, 2.45) is 5.73 Å². The van der Waals surface area contributed by atoms with Crippen molar-refractivity contribution in [3.63, 3.8) is 0 Å². The fourth-order valence-electron chi connectivity index (χ4n) is 4.89. The van der Waals surface area contributed by atoms with E-state index < -0.39 is 29.4 Å². The van der Waals surface area contributed by atoms with Gasteiger partial charge in [0, 0.05) is 56.3 Å². The summed E-state index contributed by atoms with van der Waals surface area (Å²) in [6.45, 7) is 3.67. The van der Waals surface area contributed by atoms with Gasteiger partial charge in [-0.1, -0.05) is 12.1 Å². The molecule has 1 fully saturated rings. The Bertz CT molecular complexity index is 1130. The third-order valence-electron chi connectivity index (χ3n) is 6.81. The molecule has 0 spiro atoms. The van der Waals surface area contributed by atoms with Crippen molar-refractivity contribution in [1.82, 2.24) is 9.80 Å². The Balaban J connectivity index is 1.18. The van der Waals surface area contributed by atoms with Gasteiger partial charge >= 0.3 is 0 Å². The molecule has 0 bridgehead atoms. The third-order valence-corrected chi connectivity index (χ3v) is 6.81. The fraction of sp³-hybridized carbons (Fsp3) is 0.400. The van der Waals surface area contributed by atoms with Crippen molar-refractivity contribution < 1.29 is 27.4 Å². The molecule has 1 saturated heterocycles. The van der Waals surface area contributed by atoms with Gasteiger partial charge in [0.15, 0.2) is 23.1 Å². The Kier molecular flexibility index (Phi) is 6.22. The SMILES string of the molecule is N[C@@H]1CC(C(=O)N2CCN(Cc3ccc4c(c3)OCO4)CC2)=CC[C@H]1c1cc(F)c(F)cc1F. The molecular formula is C25H26F3N3O3. The summed E-state index contributed by atoms with van der Waals surface area (Å²) in [5, 5.41) is 0. The highest BCUT2D eigenvalue weighted by Gasteiger charge is 2.32. The van der Waals surface area contributed by atoms with Crippen molar-refractivity contribution in [3.8, 4) is 11.5 Å². The Morgan fingerprint density at radius 3 is 2.47 bits per heavy atom. The van der Waals surface area contributed by atoms with Gasteiger partial charge in [0.1, 0.15) is 5.82 Å². The molecule has 9 heteroatoms. The maximum absolute atomic E-state index is 14.2. The molecule has 1 aliphatic carbocycles. The molecule has 2 aromatic rings. The summed E-state index contributed by atoms with van der Waals surface area (Å²) >= 11 is 0. The molecule has 180 valence electrons. The number of amides is 1. The van der Waals surface area contributed by atoms with E-state index in [-0.39, 0.29) is 24.7 Å². The average Bonchev–Trinajstić information content (AvgIpc) is 3.30. The lowest BCUT2D eigenvalue weighted by atomic mass is 9.80. The van der Waals surface area contributed by atoms with Crippen LogP contribution in [0.4, 0.5) is 13.2 Å². The molecule has 6 nitrogen and oxygen atoms in total. The maximum Gasteiger partial charge on any atom is 0.249 e. The van der Waals surface area contributed by atoms with Crippen LogP contribution in [0.15, 0.2) is 42.0 Å². The first kappa shape index (κ1) is 22.7. The van der Waals surface area contributed by atoms with Crippen LogP contribution in [-0.2, 0) is 11.3 Å². The van der Waals surface area contributed by atoms with E-state index in [0.717, 1.165) is 42.8 Å². The largest absolute Gasteiger partial charge is 0.454 e. The van der Waals surface area contributed by atoms with E-state index in [1.54, 1.807) is 6.08 Å². The molecule has 0 aromatic heterocycles. The summed E-state index contributed by atoms with van der Waals surface area (Å²) in [4.78, 5) is 17.2. The number of carbonyl (C=O) groups is 1. The van der Waals surface area contributed by atoms with E-state index in [1.807, 2.05) is 23.1 Å². The van der Waals surface area contributed by atoms with Crippen LogP contribution in [0, 0.1) is 17.5 Å². The zero-order valence-corrected chi connectivity index (χ0v) is 18.6. The highest BCUT2D eigenvalue weighted by atomic mass is 19.2. The van der Waals surface area contributed by atoms with Crippen LogP contribution in [0.5, 0.6) is 11.5 Å². The van der Waals surface area contributed by atoms with Crippen LogP contribution in [-0.4, -0.2) is 54.7 Å². The number of nitrogens with two attached hydrogens (primary N) is 1. The first-order valence-electron chi connectivity index (χ1n) is 11.4. The first-order valence-corrected chi connectivity index (χ1v) is 11.4. The maximum atomic E-state index is 14.2. The van der Waals surface area contributed by atoms with Crippen molar-refractivity contribution in [2.45, 2.75) is 31.3 Å². The first-order chi connectivity index (χ1) is 16.4. The molecule has 5 rings (SSSR count). The molecular weight excluding hydrogens is 447 g/mol. The average molecular weight is 473 g/mol. The van der Waals surface area contributed by atoms with Crippen LogP contribution < -0.4 is 15.2 Å². The van der Waals surface area contributed by atoms with Gasteiger partial charge in [-0.15, -0.1) is 0 Å². The van der Waals surface area contributed by atoms with Crippen LogP contribution >= 0.6 is 0 Å². The number of benzene rings is 2. The van der Waals surface area contributed by atoms with Crippen LogP contribution in [0.3, 0.4) is 0 Å². The normalized spacial score (nSPS) is 22.6. The van der Waals surface area contributed by atoms with Crippen molar-refractivity contribution in [1.29, 1.82) is 0 Å². The number of piperazine rings is 1. The second-order valence-electron chi connectivity index (χ2n) is 8.98. The van der Waals surface area contributed by atoms with Crippen LogP contribution in [0.1, 0.15) is 29.9 Å². The molecule has 0 radical (unpaired) electrons. The number of nitrogens with zero attached hydrogens (tertiary/aromatic N) is 2. The fourth-order valence-corrected chi connectivity index (χ4v) is 4.89. The van der Waals surface area contributed by atoms with E-state index in [2.05, 4.69) is 4.90 Å². The number of hydrogen-bond acceptors (Lipinski definition) is 5. The number of ether oxygens (including phenoxy) is 2. The Morgan fingerprint density at radius 2 is 1.71 bits per heavy atom. The molecule has 2 aliphatic heterocycles. The number of carbonyl (C=O) groups excluding carboxylic acids is 1. The molecule has 2 N–H and O–H groups in total. The standard InChI is InChI=1S/C25H26F3N3O3/c26-19-12-21(28)20(27)11-18(19)17-3-2-16(10-22(17)29)25(32)31-7-5-30(6-8-31)13-15-1-4-23-24(9-15)34-14-33-23/h1-2,4,9,11-12,17,22H,3,5-8,10,13-14,29H2/t17-,22+/m0/s1. The van der Waals surface area contributed by atoms with E-state index in [0.29, 0.717) is 31.1 Å². The van der Waals surface area contributed by atoms with Crippen molar-refractivity contribution in [3.05, 3.63) is 70.6 Å². The van der Waals surface area contributed by atoms with E-state index >= 15 is 0 Å². The van der Waals surface area contributed by atoms with Crippen LogP contribution in [0.25, 0.3) is 0 Å². The van der Waals surface area contributed by atoms with Gasteiger partial charge in [-0.25, -0.2) is 13.2 Å². The molecule has 0 unspecified atom stereocenters. The minimum absolute atomic E-state index is 0.0475.